The highest BCUT2D eigenvalue weighted by Gasteiger charge is 2.48. The molecule has 1 amide bonds. The Bertz CT molecular complexity index is 832. The minimum atomic E-state index is -3.00. The number of carbonyl (C=O) groups is 1. The normalized spacial score (nSPS) is 28.6. The molecular formula is C21H28N2O3S2. The third-order valence-electron chi connectivity index (χ3n) is 6.07. The second-order valence-corrected chi connectivity index (χ2v) is 11.6. The number of hydrogen-bond donors (Lipinski definition) is 0. The summed E-state index contributed by atoms with van der Waals surface area (Å²) in [6, 6.07) is 10.1. The lowest BCUT2D eigenvalue weighted by molar-refractivity contribution is -0.118. The zero-order valence-electron chi connectivity index (χ0n) is 16.1. The Hall–Kier alpha value is -1.34. The second-order valence-electron chi connectivity index (χ2n) is 8.23. The van der Waals surface area contributed by atoms with Gasteiger partial charge in [0.2, 0.25) is 5.91 Å². The van der Waals surface area contributed by atoms with E-state index in [4.69, 9.17) is 0 Å². The first-order valence-electron chi connectivity index (χ1n) is 10.3. The van der Waals surface area contributed by atoms with E-state index in [0.29, 0.717) is 18.9 Å². The molecule has 2 aliphatic heterocycles. The van der Waals surface area contributed by atoms with Crippen LogP contribution in [0.2, 0.25) is 0 Å². The Labute approximate surface area is 171 Å². The maximum Gasteiger partial charge on any atom is 0.248 e. The summed E-state index contributed by atoms with van der Waals surface area (Å²) in [7, 11) is -3.00. The highest BCUT2D eigenvalue weighted by molar-refractivity contribution is 8.15. The molecule has 28 heavy (non-hydrogen) atoms. The number of thioether (sulfide) groups is 1. The molecule has 1 aromatic carbocycles. The van der Waals surface area contributed by atoms with Gasteiger partial charge in [0, 0.05) is 18.2 Å². The van der Waals surface area contributed by atoms with Crippen molar-refractivity contribution < 1.29 is 13.2 Å². The molecule has 3 fully saturated rings. The first-order valence-corrected chi connectivity index (χ1v) is 13.0. The third-order valence-corrected chi connectivity index (χ3v) is 9.32. The Kier molecular flexibility index (Phi) is 6.11. The Morgan fingerprint density at radius 2 is 1.86 bits per heavy atom. The average molecular weight is 421 g/mol. The number of fused-ring (bicyclic) bond motifs is 1. The van der Waals surface area contributed by atoms with Crippen LogP contribution in [0.3, 0.4) is 0 Å². The van der Waals surface area contributed by atoms with E-state index >= 15 is 0 Å². The fraction of sp³-hybridized carbons (Fsp3) is 0.619. The van der Waals surface area contributed by atoms with Crippen molar-refractivity contribution in [2.45, 2.75) is 56.2 Å². The lowest BCUT2D eigenvalue weighted by atomic mass is 9.87. The van der Waals surface area contributed by atoms with Crippen LogP contribution in [0.1, 0.15) is 44.1 Å². The minimum Gasteiger partial charge on any atom is -0.346 e. The summed E-state index contributed by atoms with van der Waals surface area (Å²) in [4.78, 5) is 19.1. The zero-order chi connectivity index (χ0) is 19.6. The van der Waals surface area contributed by atoms with Gasteiger partial charge in [0.15, 0.2) is 15.0 Å². The first kappa shape index (κ1) is 20.0. The van der Waals surface area contributed by atoms with Crippen LogP contribution in [0.5, 0.6) is 0 Å². The standard InChI is InChI=1S/C21H28N2O3S2/c24-20(13-17-9-5-2-6-10-17)22-21-23(12-11-16-7-3-1-4-8-16)18-14-28(25,26)15-19(18)27-21/h1,3-4,7-8,17-19H,2,5-6,9-15H2/t18-,19-/m1/s1. The van der Waals surface area contributed by atoms with Crippen LogP contribution in [0.4, 0.5) is 0 Å². The van der Waals surface area contributed by atoms with Crippen LogP contribution in [0, 0.1) is 5.92 Å². The molecule has 2 heterocycles. The van der Waals surface area contributed by atoms with E-state index in [1.165, 1.54) is 36.6 Å². The molecule has 2 saturated heterocycles. The molecule has 0 N–H and O–H groups in total. The molecule has 2 atom stereocenters. The predicted molar refractivity (Wildman–Crippen MR) is 114 cm³/mol. The molecule has 1 aromatic rings. The number of hydrogen-bond acceptors (Lipinski definition) is 4. The third kappa shape index (κ3) is 4.79. The van der Waals surface area contributed by atoms with Gasteiger partial charge in [-0.25, -0.2) is 8.42 Å². The van der Waals surface area contributed by atoms with E-state index in [2.05, 4.69) is 22.0 Å². The van der Waals surface area contributed by atoms with Gasteiger partial charge >= 0.3 is 0 Å². The molecule has 5 nitrogen and oxygen atoms in total. The number of nitrogens with zero attached hydrogens (tertiary/aromatic N) is 2. The SMILES string of the molecule is O=C(CC1CCCCC1)N=C1S[C@@H]2CS(=O)(=O)C[C@H]2N1CCc1ccccc1. The molecule has 0 radical (unpaired) electrons. The molecule has 0 spiro atoms. The first-order chi connectivity index (χ1) is 13.5. The van der Waals surface area contributed by atoms with Crippen molar-refractivity contribution in [1.82, 2.24) is 4.90 Å². The van der Waals surface area contributed by atoms with Crippen molar-refractivity contribution in [1.29, 1.82) is 0 Å². The van der Waals surface area contributed by atoms with Crippen LogP contribution >= 0.6 is 11.8 Å². The second kappa shape index (κ2) is 8.57. The number of rotatable bonds is 5. The number of aliphatic imine (C=N–C) groups is 1. The number of benzene rings is 1. The fourth-order valence-corrected chi connectivity index (χ4v) is 8.58. The summed E-state index contributed by atoms with van der Waals surface area (Å²) in [5.74, 6) is 0.798. The van der Waals surface area contributed by atoms with Gasteiger partial charge in [-0.1, -0.05) is 61.4 Å². The Balaban J connectivity index is 1.47. The minimum absolute atomic E-state index is 0.00186. The van der Waals surface area contributed by atoms with Crippen LogP contribution in [0.15, 0.2) is 35.3 Å². The van der Waals surface area contributed by atoms with Crippen molar-refractivity contribution >= 4 is 32.7 Å². The van der Waals surface area contributed by atoms with Crippen LogP contribution in [-0.2, 0) is 21.1 Å². The lowest BCUT2D eigenvalue weighted by Crippen LogP contribution is -2.39. The topological polar surface area (TPSA) is 66.8 Å². The van der Waals surface area contributed by atoms with Gasteiger partial charge in [0.25, 0.3) is 0 Å². The van der Waals surface area contributed by atoms with Crippen molar-refractivity contribution in [2.24, 2.45) is 10.9 Å². The Morgan fingerprint density at radius 1 is 1.11 bits per heavy atom. The van der Waals surface area contributed by atoms with Gasteiger partial charge < -0.3 is 4.90 Å². The van der Waals surface area contributed by atoms with Crippen molar-refractivity contribution in [2.75, 3.05) is 18.1 Å². The number of carbonyl (C=O) groups excluding carboxylic acids is 1. The molecule has 1 saturated carbocycles. The molecule has 0 bridgehead atoms. The largest absolute Gasteiger partial charge is 0.346 e. The summed E-state index contributed by atoms with van der Waals surface area (Å²) in [6.45, 7) is 0.698. The van der Waals surface area contributed by atoms with E-state index in [1.54, 1.807) is 0 Å². The van der Waals surface area contributed by atoms with E-state index in [1.807, 2.05) is 18.2 Å². The molecule has 3 aliphatic rings. The molecule has 0 unspecified atom stereocenters. The van der Waals surface area contributed by atoms with Crippen molar-refractivity contribution in [3.05, 3.63) is 35.9 Å². The van der Waals surface area contributed by atoms with Crippen LogP contribution < -0.4 is 0 Å². The molecule has 7 heteroatoms. The molecule has 1 aliphatic carbocycles. The maximum absolute atomic E-state index is 12.6. The lowest BCUT2D eigenvalue weighted by Gasteiger charge is -2.24. The van der Waals surface area contributed by atoms with E-state index < -0.39 is 9.84 Å². The summed E-state index contributed by atoms with van der Waals surface area (Å²) in [5, 5.41) is 0.739. The predicted octanol–water partition coefficient (Wildman–Crippen LogP) is 3.30. The van der Waals surface area contributed by atoms with Gasteiger partial charge in [-0.2, -0.15) is 4.99 Å². The highest BCUT2D eigenvalue weighted by atomic mass is 32.2. The molecule has 152 valence electrons. The highest BCUT2D eigenvalue weighted by Crippen LogP contribution is 2.38. The summed E-state index contributed by atoms with van der Waals surface area (Å²) in [5.41, 5.74) is 1.21. The van der Waals surface area contributed by atoms with Crippen LogP contribution in [-0.4, -0.2) is 53.7 Å². The van der Waals surface area contributed by atoms with Gasteiger partial charge in [0.05, 0.1) is 17.5 Å². The van der Waals surface area contributed by atoms with E-state index in [-0.39, 0.29) is 28.7 Å². The summed E-state index contributed by atoms with van der Waals surface area (Å²) in [6.07, 6.45) is 7.32. The number of amides is 1. The van der Waals surface area contributed by atoms with Gasteiger partial charge in [0.1, 0.15) is 0 Å². The Morgan fingerprint density at radius 3 is 2.61 bits per heavy atom. The van der Waals surface area contributed by atoms with Crippen molar-refractivity contribution in [3.8, 4) is 0 Å². The fourth-order valence-electron chi connectivity index (χ4n) is 4.58. The quantitative estimate of drug-likeness (QED) is 0.731. The number of sulfone groups is 1. The summed E-state index contributed by atoms with van der Waals surface area (Å²) < 4.78 is 24.2. The molecular weight excluding hydrogens is 392 g/mol. The molecule has 0 aromatic heterocycles. The van der Waals surface area contributed by atoms with Crippen LogP contribution in [0.25, 0.3) is 0 Å². The average Bonchev–Trinajstić information content (AvgIpc) is 3.12. The molecule has 4 rings (SSSR count). The van der Waals surface area contributed by atoms with Crippen molar-refractivity contribution in [3.63, 3.8) is 0 Å². The monoisotopic (exact) mass is 420 g/mol. The van der Waals surface area contributed by atoms with Gasteiger partial charge in [-0.15, -0.1) is 0 Å². The zero-order valence-corrected chi connectivity index (χ0v) is 17.8. The van der Waals surface area contributed by atoms with Gasteiger partial charge in [-0.3, -0.25) is 4.79 Å². The van der Waals surface area contributed by atoms with E-state index in [9.17, 15) is 13.2 Å². The smallest absolute Gasteiger partial charge is 0.248 e. The maximum atomic E-state index is 12.6. The summed E-state index contributed by atoms with van der Waals surface area (Å²) >= 11 is 1.49. The van der Waals surface area contributed by atoms with Gasteiger partial charge in [-0.05, 0) is 30.7 Å². The number of amidine groups is 1. The van der Waals surface area contributed by atoms with E-state index in [0.717, 1.165) is 24.4 Å².